The van der Waals surface area contributed by atoms with Crippen LogP contribution in [0.15, 0.2) is 61.2 Å². The third kappa shape index (κ3) is 6.88. The van der Waals surface area contributed by atoms with E-state index in [0.717, 1.165) is 29.0 Å². The molecule has 2 aliphatic rings. The summed E-state index contributed by atoms with van der Waals surface area (Å²) in [6.45, 7) is 3.85. The Labute approximate surface area is 260 Å². The minimum atomic E-state index is -0.0943. The van der Waals surface area contributed by atoms with Crippen LogP contribution in [0.4, 0.5) is 5.82 Å². The van der Waals surface area contributed by atoms with Crippen molar-refractivity contribution in [2.24, 2.45) is 0 Å². The quantitative estimate of drug-likeness (QED) is 0.264. The zero-order valence-corrected chi connectivity index (χ0v) is 25.4. The summed E-state index contributed by atoms with van der Waals surface area (Å²) in [7, 11) is 3.19. The van der Waals surface area contributed by atoms with Crippen LogP contribution in [0.25, 0.3) is 5.95 Å². The van der Waals surface area contributed by atoms with Gasteiger partial charge in [0.15, 0.2) is 18.3 Å². The lowest BCUT2D eigenvalue weighted by molar-refractivity contribution is -0.122. The highest BCUT2D eigenvalue weighted by Crippen LogP contribution is 2.29. The Balaban J connectivity index is 1.19. The highest BCUT2D eigenvalue weighted by Gasteiger charge is 2.30. The van der Waals surface area contributed by atoms with E-state index in [4.69, 9.17) is 35.5 Å². The Morgan fingerprint density at radius 3 is 2.75 bits per heavy atom. The van der Waals surface area contributed by atoms with E-state index in [2.05, 4.69) is 37.2 Å². The van der Waals surface area contributed by atoms with Crippen molar-refractivity contribution in [3.05, 3.63) is 83.0 Å². The van der Waals surface area contributed by atoms with Gasteiger partial charge in [0.1, 0.15) is 23.0 Å². The molecule has 44 heavy (non-hydrogen) atoms. The maximum atomic E-state index is 13.4. The molecular weight excluding hydrogens is 586 g/mol. The number of fused-ring (bicyclic) bond motifs is 1. The molecular formula is C31H34ClN7O5. The second kappa shape index (κ2) is 13.5. The van der Waals surface area contributed by atoms with Crippen LogP contribution in [-0.2, 0) is 29.2 Å². The van der Waals surface area contributed by atoms with Crippen LogP contribution in [0.3, 0.4) is 0 Å². The van der Waals surface area contributed by atoms with Gasteiger partial charge in [0.25, 0.3) is 0 Å². The number of ether oxygens (including phenoxy) is 4. The van der Waals surface area contributed by atoms with Crippen molar-refractivity contribution < 1.29 is 23.7 Å². The minimum absolute atomic E-state index is 0.0521. The number of carbonyl (C=O) groups is 1. The van der Waals surface area contributed by atoms with Crippen molar-refractivity contribution in [1.29, 1.82) is 0 Å². The molecule has 0 spiro atoms. The van der Waals surface area contributed by atoms with Gasteiger partial charge in [-0.1, -0.05) is 23.7 Å². The molecule has 6 rings (SSSR count). The number of amides is 1. The Bertz CT molecular complexity index is 1600. The van der Waals surface area contributed by atoms with Gasteiger partial charge in [-0.2, -0.15) is 4.98 Å². The standard InChI is InChI=1S/C31H34ClN7O5/c1-41-26-6-3-21(12-27(26)42-2)15-34-30(40)13-24-17-38(29-14-28(32)35-31(36-29)39-8-7-33-19-39)10-9-37(24)16-22-4-5-25-23(11-22)18-43-20-44-25/h3-8,11-12,14,19,24H,9-10,13,15-18,20H2,1-2H3,(H,34,40). The first-order valence-electron chi connectivity index (χ1n) is 14.3. The van der Waals surface area contributed by atoms with Crippen LogP contribution in [-0.4, -0.2) is 77.0 Å². The predicted molar refractivity (Wildman–Crippen MR) is 163 cm³/mol. The largest absolute Gasteiger partial charge is 0.493 e. The van der Waals surface area contributed by atoms with E-state index < -0.39 is 0 Å². The molecule has 0 saturated carbocycles. The first kappa shape index (κ1) is 29.7. The number of nitrogens with zero attached hydrogens (tertiary/aromatic N) is 6. The number of piperazine rings is 1. The van der Waals surface area contributed by atoms with E-state index in [9.17, 15) is 4.79 Å². The number of methoxy groups -OCH3 is 2. The SMILES string of the molecule is COc1ccc(CNC(=O)CC2CN(c3cc(Cl)nc(-n4ccnc4)n3)CCN2Cc2ccc3c(c2)COCO3)cc1OC. The molecule has 1 fully saturated rings. The highest BCUT2D eigenvalue weighted by atomic mass is 35.5. The molecule has 12 nitrogen and oxygen atoms in total. The molecule has 0 aliphatic carbocycles. The average molecular weight is 620 g/mol. The molecule has 2 aliphatic heterocycles. The summed E-state index contributed by atoms with van der Waals surface area (Å²) >= 11 is 6.42. The maximum Gasteiger partial charge on any atom is 0.238 e. The summed E-state index contributed by atoms with van der Waals surface area (Å²) in [5, 5.41) is 3.42. The first-order chi connectivity index (χ1) is 21.5. The number of imidazole rings is 1. The molecule has 2 aromatic heterocycles. The number of hydrogen-bond acceptors (Lipinski definition) is 10. The summed E-state index contributed by atoms with van der Waals surface area (Å²) in [5.41, 5.74) is 3.08. The molecule has 4 heterocycles. The number of aromatic nitrogens is 4. The number of rotatable bonds is 10. The number of nitrogens with one attached hydrogen (secondary N) is 1. The van der Waals surface area contributed by atoms with Crippen molar-refractivity contribution in [2.75, 3.05) is 45.5 Å². The maximum absolute atomic E-state index is 13.4. The van der Waals surface area contributed by atoms with Gasteiger partial charge in [-0.25, -0.2) is 9.97 Å². The zero-order valence-electron chi connectivity index (χ0n) is 24.6. The van der Waals surface area contributed by atoms with Crippen molar-refractivity contribution in [1.82, 2.24) is 29.7 Å². The van der Waals surface area contributed by atoms with Gasteiger partial charge in [0.05, 0.1) is 20.8 Å². The van der Waals surface area contributed by atoms with Crippen molar-refractivity contribution in [2.45, 2.75) is 32.2 Å². The van der Waals surface area contributed by atoms with Gasteiger partial charge >= 0.3 is 0 Å². The second-order valence-electron chi connectivity index (χ2n) is 10.6. The lowest BCUT2D eigenvalue weighted by Crippen LogP contribution is -2.54. The molecule has 230 valence electrons. The molecule has 1 amide bonds. The fourth-order valence-electron chi connectivity index (χ4n) is 5.51. The molecule has 2 aromatic carbocycles. The molecule has 1 atom stereocenters. The van der Waals surface area contributed by atoms with Crippen molar-refractivity contribution in [3.8, 4) is 23.2 Å². The van der Waals surface area contributed by atoms with Gasteiger partial charge in [0.2, 0.25) is 11.9 Å². The smallest absolute Gasteiger partial charge is 0.238 e. The van der Waals surface area contributed by atoms with Crippen LogP contribution < -0.4 is 24.4 Å². The lowest BCUT2D eigenvalue weighted by atomic mass is 10.0. The first-order valence-corrected chi connectivity index (χ1v) is 14.7. The van der Waals surface area contributed by atoms with Gasteiger partial charge < -0.3 is 29.2 Å². The van der Waals surface area contributed by atoms with Crippen LogP contribution >= 0.6 is 11.6 Å². The fourth-order valence-corrected chi connectivity index (χ4v) is 5.68. The summed E-state index contributed by atoms with van der Waals surface area (Å²) in [4.78, 5) is 31.1. The summed E-state index contributed by atoms with van der Waals surface area (Å²) in [6, 6.07) is 13.5. The molecule has 1 N–H and O–H groups in total. The number of anilines is 1. The van der Waals surface area contributed by atoms with Crippen LogP contribution in [0.2, 0.25) is 5.15 Å². The van der Waals surface area contributed by atoms with E-state index in [1.54, 1.807) is 43.6 Å². The average Bonchev–Trinajstić information content (AvgIpc) is 3.59. The fraction of sp³-hybridized carbons (Fsp3) is 0.355. The molecule has 1 unspecified atom stereocenters. The molecule has 0 radical (unpaired) electrons. The van der Waals surface area contributed by atoms with Crippen molar-refractivity contribution in [3.63, 3.8) is 0 Å². The third-order valence-electron chi connectivity index (χ3n) is 7.76. The lowest BCUT2D eigenvalue weighted by Gasteiger charge is -2.42. The summed E-state index contributed by atoms with van der Waals surface area (Å²) < 4.78 is 23.5. The Morgan fingerprint density at radius 2 is 1.93 bits per heavy atom. The number of hydrogen-bond donors (Lipinski definition) is 1. The second-order valence-corrected chi connectivity index (χ2v) is 11.0. The number of benzene rings is 2. The van der Waals surface area contributed by atoms with Gasteiger partial charge in [-0.3, -0.25) is 14.3 Å². The Hall–Kier alpha value is -4.39. The van der Waals surface area contributed by atoms with Gasteiger partial charge in [0, 0.05) is 69.2 Å². The van der Waals surface area contributed by atoms with E-state index in [-0.39, 0.29) is 18.7 Å². The molecule has 1 saturated heterocycles. The predicted octanol–water partition coefficient (Wildman–Crippen LogP) is 3.60. The highest BCUT2D eigenvalue weighted by molar-refractivity contribution is 6.29. The summed E-state index contributed by atoms with van der Waals surface area (Å²) in [5.74, 6) is 3.20. The molecule has 4 aromatic rings. The van der Waals surface area contributed by atoms with Crippen molar-refractivity contribution >= 4 is 23.3 Å². The van der Waals surface area contributed by atoms with Gasteiger partial charge in [-0.05, 0) is 35.4 Å². The molecule has 0 bridgehead atoms. The minimum Gasteiger partial charge on any atom is -0.493 e. The van der Waals surface area contributed by atoms with E-state index in [0.29, 0.717) is 67.6 Å². The van der Waals surface area contributed by atoms with Crippen LogP contribution in [0.5, 0.6) is 17.2 Å². The third-order valence-corrected chi connectivity index (χ3v) is 7.95. The van der Waals surface area contributed by atoms with Gasteiger partial charge in [-0.15, -0.1) is 0 Å². The summed E-state index contributed by atoms with van der Waals surface area (Å²) in [6.07, 6.45) is 5.37. The number of carbonyl (C=O) groups excluding carboxylic acids is 1. The van der Waals surface area contributed by atoms with E-state index in [1.807, 2.05) is 24.3 Å². The monoisotopic (exact) mass is 619 g/mol. The van der Waals surface area contributed by atoms with Crippen LogP contribution in [0, 0.1) is 0 Å². The van der Waals surface area contributed by atoms with E-state index >= 15 is 0 Å². The van der Waals surface area contributed by atoms with E-state index in [1.165, 1.54) is 0 Å². The zero-order chi connectivity index (χ0) is 30.5. The molecule has 13 heteroatoms. The normalized spacial score (nSPS) is 16.6. The topological polar surface area (TPSA) is 116 Å². The Morgan fingerprint density at radius 1 is 1.07 bits per heavy atom. The Kier molecular flexibility index (Phi) is 9.10. The van der Waals surface area contributed by atoms with Crippen LogP contribution in [0.1, 0.15) is 23.1 Å². The number of halogens is 1.